The van der Waals surface area contributed by atoms with E-state index in [1.807, 2.05) is 36.4 Å². The Kier molecular flexibility index (Phi) is 14.8. The summed E-state index contributed by atoms with van der Waals surface area (Å²) in [5, 5.41) is 12.1. The molecule has 1 fully saturated rings. The van der Waals surface area contributed by atoms with Gasteiger partial charge in [-0.05, 0) is 63.0 Å². The van der Waals surface area contributed by atoms with Crippen molar-refractivity contribution in [3.8, 4) is 11.3 Å². The number of piperazine rings is 1. The molecule has 0 bridgehead atoms. The van der Waals surface area contributed by atoms with E-state index in [0.717, 1.165) is 62.9 Å². The molecule has 2 N–H and O–H groups in total. The minimum atomic E-state index is -1.06. The maximum absolute atomic E-state index is 13.6. The van der Waals surface area contributed by atoms with E-state index in [0.29, 0.717) is 25.4 Å². The van der Waals surface area contributed by atoms with Gasteiger partial charge in [-0.3, -0.25) is 14.4 Å². The van der Waals surface area contributed by atoms with Crippen LogP contribution in [-0.2, 0) is 20.7 Å². The maximum atomic E-state index is 13.6. The molecule has 1 aromatic heterocycles. The van der Waals surface area contributed by atoms with Crippen molar-refractivity contribution < 1.29 is 29.0 Å². The van der Waals surface area contributed by atoms with Crippen LogP contribution in [0.4, 0.5) is 4.79 Å². The average Bonchev–Trinajstić information content (AvgIpc) is 3.06. The van der Waals surface area contributed by atoms with Crippen LogP contribution >= 0.6 is 0 Å². The minimum absolute atomic E-state index is 0.0608. The molecule has 11 nitrogen and oxygen atoms in total. The Hall–Kier alpha value is -3.99. The predicted octanol–water partition coefficient (Wildman–Crippen LogP) is 4.46. The summed E-state index contributed by atoms with van der Waals surface area (Å²) in [6.45, 7) is 10.7. The van der Waals surface area contributed by atoms with Crippen LogP contribution in [0.1, 0.15) is 75.3 Å². The fraction of sp³-hybridized carbons (Fsp3) is 0.559. The van der Waals surface area contributed by atoms with Crippen molar-refractivity contribution in [1.29, 1.82) is 0 Å². The van der Waals surface area contributed by atoms with Crippen LogP contribution in [0.25, 0.3) is 11.3 Å². The van der Waals surface area contributed by atoms with Gasteiger partial charge in [0.2, 0.25) is 5.91 Å². The number of pyridine rings is 1. The molecule has 11 heteroatoms. The number of carboxylic acid groups (broad SMARTS) is 1. The Morgan fingerprint density at radius 2 is 1.64 bits per heavy atom. The molecule has 1 aliphatic heterocycles. The van der Waals surface area contributed by atoms with Gasteiger partial charge in [0.1, 0.15) is 11.7 Å². The monoisotopic (exact) mass is 623 g/mol. The van der Waals surface area contributed by atoms with Crippen LogP contribution in [0.3, 0.4) is 0 Å². The lowest BCUT2D eigenvalue weighted by Gasteiger charge is -2.36. The number of unbranched alkanes of at least 4 members (excludes halogenated alkanes) is 2. The summed E-state index contributed by atoms with van der Waals surface area (Å²) >= 11 is 0. The molecule has 0 saturated carbocycles. The third kappa shape index (κ3) is 11.5. The van der Waals surface area contributed by atoms with Gasteiger partial charge in [-0.2, -0.15) is 0 Å². The van der Waals surface area contributed by atoms with E-state index in [4.69, 9.17) is 4.74 Å². The molecule has 45 heavy (non-hydrogen) atoms. The molecule has 246 valence electrons. The largest absolute Gasteiger partial charge is 0.481 e. The lowest BCUT2D eigenvalue weighted by molar-refractivity contribution is -0.138. The summed E-state index contributed by atoms with van der Waals surface area (Å²) in [6.07, 6.45) is 3.76. The van der Waals surface area contributed by atoms with Gasteiger partial charge in [0, 0.05) is 38.2 Å². The van der Waals surface area contributed by atoms with Crippen molar-refractivity contribution in [2.24, 2.45) is 0 Å². The third-order valence-electron chi connectivity index (χ3n) is 8.09. The van der Waals surface area contributed by atoms with Crippen LogP contribution in [0.5, 0.6) is 0 Å². The van der Waals surface area contributed by atoms with Crippen molar-refractivity contribution >= 4 is 23.9 Å². The number of aryl methyl sites for hydroxylation is 1. The average molecular weight is 624 g/mol. The zero-order valence-corrected chi connectivity index (χ0v) is 27.0. The van der Waals surface area contributed by atoms with Crippen molar-refractivity contribution in [3.63, 3.8) is 0 Å². The molecular formula is C34H49N5O6. The van der Waals surface area contributed by atoms with E-state index < -0.39 is 24.0 Å². The van der Waals surface area contributed by atoms with E-state index in [-0.39, 0.29) is 37.5 Å². The molecule has 1 saturated heterocycles. The molecule has 0 unspecified atom stereocenters. The number of rotatable bonds is 17. The summed E-state index contributed by atoms with van der Waals surface area (Å²) in [6, 6.07) is 12.3. The summed E-state index contributed by atoms with van der Waals surface area (Å²) < 4.78 is 5.34. The fourth-order valence-electron chi connectivity index (χ4n) is 5.34. The Labute approximate surface area is 266 Å². The highest BCUT2D eigenvalue weighted by Gasteiger charge is 2.31. The normalized spacial score (nSPS) is 13.9. The smallest absolute Gasteiger partial charge is 0.409 e. The molecular weight excluding hydrogens is 574 g/mol. The van der Waals surface area contributed by atoms with Gasteiger partial charge in [0.15, 0.2) is 0 Å². The van der Waals surface area contributed by atoms with Crippen molar-refractivity contribution in [1.82, 2.24) is 25.0 Å². The van der Waals surface area contributed by atoms with Gasteiger partial charge >= 0.3 is 12.1 Å². The van der Waals surface area contributed by atoms with Gasteiger partial charge in [-0.1, -0.05) is 63.9 Å². The second-order valence-electron chi connectivity index (χ2n) is 11.3. The zero-order valence-electron chi connectivity index (χ0n) is 27.0. The number of aliphatic carboxylic acids is 1. The van der Waals surface area contributed by atoms with Gasteiger partial charge in [0.25, 0.3) is 5.91 Å². The van der Waals surface area contributed by atoms with Crippen LogP contribution in [0, 0.1) is 0 Å². The number of carbonyl (C=O) groups is 4. The Balaban J connectivity index is 1.73. The molecule has 0 aliphatic carbocycles. The van der Waals surface area contributed by atoms with Crippen molar-refractivity contribution in [3.05, 3.63) is 53.7 Å². The number of hydrogen-bond acceptors (Lipinski definition) is 7. The summed E-state index contributed by atoms with van der Waals surface area (Å²) in [4.78, 5) is 61.2. The summed E-state index contributed by atoms with van der Waals surface area (Å²) in [5.74, 6) is -1.97. The number of aromatic nitrogens is 1. The quantitative estimate of drug-likeness (QED) is 0.247. The second kappa shape index (κ2) is 18.7. The number of nitrogens with one attached hydrogen (secondary N) is 1. The van der Waals surface area contributed by atoms with Crippen LogP contribution in [0.2, 0.25) is 0 Å². The second-order valence-corrected chi connectivity index (χ2v) is 11.3. The van der Waals surface area contributed by atoms with E-state index >= 15 is 0 Å². The highest BCUT2D eigenvalue weighted by atomic mass is 16.6. The molecule has 2 heterocycles. The summed E-state index contributed by atoms with van der Waals surface area (Å²) in [5.41, 5.74) is 2.68. The molecule has 0 spiro atoms. The zero-order chi connectivity index (χ0) is 32.6. The SMILES string of the molecule is CCCCCOC(=O)N1CCN(C(=O)[C@H](CCC(=O)O)NC(=O)c2cc(CCCN(CC)CC)cc(-c3ccccc3)n2)CC1. The van der Waals surface area contributed by atoms with Crippen LogP contribution in [0.15, 0.2) is 42.5 Å². The van der Waals surface area contributed by atoms with E-state index in [1.165, 1.54) is 0 Å². The van der Waals surface area contributed by atoms with E-state index in [1.54, 1.807) is 15.9 Å². The summed E-state index contributed by atoms with van der Waals surface area (Å²) in [7, 11) is 0. The number of carbonyl (C=O) groups excluding carboxylic acids is 3. The first-order valence-corrected chi connectivity index (χ1v) is 16.3. The van der Waals surface area contributed by atoms with Gasteiger partial charge in [-0.15, -0.1) is 0 Å². The number of amides is 3. The van der Waals surface area contributed by atoms with Gasteiger partial charge in [-0.25, -0.2) is 9.78 Å². The lowest BCUT2D eigenvalue weighted by Crippen LogP contribution is -2.56. The first-order chi connectivity index (χ1) is 21.7. The van der Waals surface area contributed by atoms with Gasteiger partial charge < -0.3 is 29.9 Å². The Bertz CT molecular complexity index is 1240. The van der Waals surface area contributed by atoms with Crippen molar-refractivity contribution in [2.75, 3.05) is 52.4 Å². The number of hydrogen-bond donors (Lipinski definition) is 2. The molecule has 0 radical (unpaired) electrons. The fourth-order valence-corrected chi connectivity index (χ4v) is 5.34. The molecule has 1 aromatic carbocycles. The highest BCUT2D eigenvalue weighted by molar-refractivity contribution is 5.97. The molecule has 2 aromatic rings. The maximum Gasteiger partial charge on any atom is 0.409 e. The number of carboxylic acids is 1. The standard InChI is InChI=1S/C34H49N5O6/c1-4-7-11-23-45-34(44)39-21-19-38(20-22-39)33(43)28(16-17-31(40)41)36-32(42)30-25-26(13-12-18-37(5-2)6-3)24-29(35-30)27-14-9-8-10-15-27/h8-10,14-15,24-25,28H,4-7,11-13,16-23H2,1-3H3,(H,36,42)(H,40,41)/t28-/m0/s1. The number of benzene rings is 1. The van der Waals surface area contributed by atoms with Crippen LogP contribution in [-0.4, -0.2) is 107 Å². The Morgan fingerprint density at radius 1 is 0.956 bits per heavy atom. The minimum Gasteiger partial charge on any atom is -0.481 e. The number of ether oxygens (including phenoxy) is 1. The Morgan fingerprint density at radius 3 is 2.29 bits per heavy atom. The predicted molar refractivity (Wildman–Crippen MR) is 173 cm³/mol. The van der Waals surface area contributed by atoms with E-state index in [2.05, 4.69) is 36.0 Å². The third-order valence-corrected chi connectivity index (χ3v) is 8.09. The molecule has 1 aliphatic rings. The van der Waals surface area contributed by atoms with E-state index in [9.17, 15) is 24.3 Å². The lowest BCUT2D eigenvalue weighted by atomic mass is 10.0. The number of nitrogens with zero attached hydrogens (tertiary/aromatic N) is 4. The topological polar surface area (TPSA) is 132 Å². The first-order valence-electron chi connectivity index (χ1n) is 16.3. The first kappa shape index (κ1) is 35.5. The van der Waals surface area contributed by atoms with Crippen LogP contribution < -0.4 is 5.32 Å². The molecule has 3 amide bonds. The van der Waals surface area contributed by atoms with Crippen molar-refractivity contribution in [2.45, 2.75) is 71.8 Å². The highest BCUT2D eigenvalue weighted by Crippen LogP contribution is 2.21. The molecule has 3 rings (SSSR count). The molecule has 1 atom stereocenters. The van der Waals surface area contributed by atoms with Gasteiger partial charge in [0.05, 0.1) is 12.3 Å².